The lowest BCUT2D eigenvalue weighted by molar-refractivity contribution is -0.923. The minimum absolute atomic E-state index is 1.25. The van der Waals surface area contributed by atoms with Crippen LogP contribution in [0.15, 0.2) is 0 Å². The summed E-state index contributed by atoms with van der Waals surface area (Å²) >= 11 is 0. The molecule has 12 heavy (non-hydrogen) atoms. The number of quaternary nitrogens is 1. The number of nitrogens with zero attached hydrogens (tertiary/aromatic N) is 2. The predicted octanol–water partition coefficient (Wildman–Crippen LogP) is 1.53. The molecular formula is C10H23N2+. The number of hydrogen-bond acceptors (Lipinski definition) is 1. The second kappa shape index (κ2) is 4.24. The average molecular weight is 171 g/mol. The highest BCUT2D eigenvalue weighted by molar-refractivity contribution is 4.58. The fourth-order valence-corrected chi connectivity index (χ4v) is 2.06. The molecule has 0 unspecified atom stereocenters. The van der Waals surface area contributed by atoms with E-state index in [1.54, 1.807) is 0 Å². The zero-order chi connectivity index (χ0) is 9.03. The molecule has 0 bridgehead atoms. The van der Waals surface area contributed by atoms with Crippen molar-refractivity contribution in [1.29, 1.82) is 0 Å². The van der Waals surface area contributed by atoms with E-state index in [0.717, 1.165) is 0 Å². The normalized spacial score (nSPS) is 32.2. The van der Waals surface area contributed by atoms with Gasteiger partial charge in [-0.25, -0.2) is 0 Å². The lowest BCUT2D eigenvalue weighted by atomic mass is 10.2. The van der Waals surface area contributed by atoms with Crippen LogP contribution in [0.2, 0.25) is 0 Å². The monoisotopic (exact) mass is 171 g/mol. The van der Waals surface area contributed by atoms with Crippen LogP contribution in [0.4, 0.5) is 0 Å². The van der Waals surface area contributed by atoms with Gasteiger partial charge in [0, 0.05) is 19.5 Å². The van der Waals surface area contributed by atoms with Crippen LogP contribution in [0.5, 0.6) is 0 Å². The van der Waals surface area contributed by atoms with E-state index in [9.17, 15) is 0 Å². The fourth-order valence-electron chi connectivity index (χ4n) is 2.06. The van der Waals surface area contributed by atoms with Gasteiger partial charge in [-0.05, 0) is 13.3 Å². The molecule has 0 aromatic carbocycles. The first kappa shape index (κ1) is 10.0. The molecule has 1 aliphatic heterocycles. The maximum atomic E-state index is 2.60. The predicted molar refractivity (Wildman–Crippen MR) is 52.9 cm³/mol. The molecule has 1 fully saturated rings. The molecule has 0 spiro atoms. The minimum atomic E-state index is 1.25. The van der Waals surface area contributed by atoms with Crippen molar-refractivity contribution in [2.75, 3.05) is 39.9 Å². The lowest BCUT2D eigenvalue weighted by Gasteiger charge is -2.42. The van der Waals surface area contributed by atoms with E-state index in [-0.39, 0.29) is 0 Å². The van der Waals surface area contributed by atoms with Gasteiger partial charge in [-0.15, -0.1) is 0 Å². The molecule has 1 atom stereocenters. The van der Waals surface area contributed by atoms with Crippen LogP contribution in [0.25, 0.3) is 0 Å². The molecule has 1 rings (SSSR count). The number of hydrogen-bond donors (Lipinski definition) is 0. The van der Waals surface area contributed by atoms with Gasteiger partial charge in [-0.3, -0.25) is 4.90 Å². The van der Waals surface area contributed by atoms with E-state index in [4.69, 9.17) is 0 Å². The van der Waals surface area contributed by atoms with Crippen LogP contribution in [-0.4, -0.2) is 49.3 Å². The van der Waals surface area contributed by atoms with Crippen LogP contribution in [0.3, 0.4) is 0 Å². The summed E-state index contributed by atoms with van der Waals surface area (Å²) < 4.78 is 1.25. The van der Waals surface area contributed by atoms with Gasteiger partial charge >= 0.3 is 0 Å². The molecule has 0 aromatic heterocycles. The molecule has 0 N–H and O–H groups in total. The third-order valence-electron chi connectivity index (χ3n) is 3.02. The first-order chi connectivity index (χ1) is 5.70. The Bertz CT molecular complexity index is 134. The summed E-state index contributed by atoms with van der Waals surface area (Å²) in [5, 5.41) is 0. The summed E-state index contributed by atoms with van der Waals surface area (Å²) in [7, 11) is 2.38. The fraction of sp³-hybridized carbons (Fsp3) is 1.00. The first-order valence-corrected chi connectivity index (χ1v) is 5.26. The Labute approximate surface area is 76.7 Å². The van der Waals surface area contributed by atoms with Gasteiger partial charge in [0.05, 0.1) is 20.1 Å². The van der Waals surface area contributed by atoms with Crippen LogP contribution >= 0.6 is 0 Å². The van der Waals surface area contributed by atoms with Gasteiger partial charge < -0.3 is 4.48 Å². The largest absolute Gasteiger partial charge is 0.314 e. The van der Waals surface area contributed by atoms with Crippen molar-refractivity contribution in [3.8, 4) is 0 Å². The smallest absolute Gasteiger partial charge is 0.134 e. The second-order valence-corrected chi connectivity index (χ2v) is 4.27. The Hall–Kier alpha value is -0.0800. The standard InChI is InChI=1S/C10H23N2/c1-4-7-11-8-6-9-12(3,5-2)10-11/h4-10H2,1-3H3/q+1/t12-/m1/s1. The van der Waals surface area contributed by atoms with Crippen LogP contribution in [0.1, 0.15) is 26.7 Å². The van der Waals surface area contributed by atoms with Gasteiger partial charge in [-0.1, -0.05) is 6.92 Å². The van der Waals surface area contributed by atoms with Crippen molar-refractivity contribution in [3.63, 3.8) is 0 Å². The Morgan fingerprint density at radius 3 is 2.67 bits per heavy atom. The minimum Gasteiger partial charge on any atom is -0.314 e. The quantitative estimate of drug-likeness (QED) is 0.582. The van der Waals surface area contributed by atoms with E-state index in [2.05, 4.69) is 25.8 Å². The molecule has 1 aliphatic rings. The van der Waals surface area contributed by atoms with E-state index in [1.165, 1.54) is 50.2 Å². The maximum Gasteiger partial charge on any atom is 0.134 e. The molecule has 0 aliphatic carbocycles. The van der Waals surface area contributed by atoms with Gasteiger partial charge in [0.1, 0.15) is 6.67 Å². The molecule has 2 nitrogen and oxygen atoms in total. The zero-order valence-corrected chi connectivity index (χ0v) is 8.84. The summed E-state index contributed by atoms with van der Waals surface area (Å²) in [6.07, 6.45) is 2.67. The van der Waals surface area contributed by atoms with Crippen molar-refractivity contribution in [2.45, 2.75) is 26.7 Å². The molecule has 0 saturated carbocycles. The van der Waals surface area contributed by atoms with E-state index < -0.39 is 0 Å². The molecule has 72 valence electrons. The molecular weight excluding hydrogens is 148 g/mol. The van der Waals surface area contributed by atoms with Gasteiger partial charge in [0.25, 0.3) is 0 Å². The summed E-state index contributed by atoms with van der Waals surface area (Å²) in [5.74, 6) is 0. The molecule has 1 heterocycles. The Balaban J connectivity index is 2.39. The van der Waals surface area contributed by atoms with Crippen molar-refractivity contribution < 1.29 is 4.48 Å². The Kier molecular flexibility index (Phi) is 3.53. The first-order valence-electron chi connectivity index (χ1n) is 5.26. The van der Waals surface area contributed by atoms with Crippen molar-refractivity contribution in [3.05, 3.63) is 0 Å². The van der Waals surface area contributed by atoms with E-state index in [1.807, 2.05) is 0 Å². The maximum absolute atomic E-state index is 2.60. The average Bonchev–Trinajstić information content (AvgIpc) is 2.05. The highest BCUT2D eigenvalue weighted by Crippen LogP contribution is 2.12. The van der Waals surface area contributed by atoms with Crippen LogP contribution < -0.4 is 0 Å². The molecule has 0 radical (unpaired) electrons. The zero-order valence-electron chi connectivity index (χ0n) is 8.84. The van der Waals surface area contributed by atoms with Crippen molar-refractivity contribution >= 4 is 0 Å². The highest BCUT2D eigenvalue weighted by atomic mass is 15.4. The van der Waals surface area contributed by atoms with Gasteiger partial charge in [0.15, 0.2) is 0 Å². The summed E-state index contributed by atoms with van der Waals surface area (Å²) in [6.45, 7) is 11.1. The SMILES string of the molecule is CCCN1CCC[N@@+](C)(CC)C1. The van der Waals surface area contributed by atoms with Crippen molar-refractivity contribution in [1.82, 2.24) is 4.90 Å². The van der Waals surface area contributed by atoms with Crippen molar-refractivity contribution in [2.24, 2.45) is 0 Å². The molecule has 0 aromatic rings. The molecule has 1 saturated heterocycles. The topological polar surface area (TPSA) is 3.24 Å². The summed E-state index contributed by atoms with van der Waals surface area (Å²) in [4.78, 5) is 2.60. The van der Waals surface area contributed by atoms with Crippen LogP contribution in [0, 0.1) is 0 Å². The van der Waals surface area contributed by atoms with Crippen LogP contribution in [-0.2, 0) is 0 Å². The molecule has 0 amide bonds. The lowest BCUT2D eigenvalue weighted by Crippen LogP contribution is -2.56. The highest BCUT2D eigenvalue weighted by Gasteiger charge is 2.26. The van der Waals surface area contributed by atoms with E-state index in [0.29, 0.717) is 0 Å². The summed E-state index contributed by atoms with van der Waals surface area (Å²) in [6, 6.07) is 0. The van der Waals surface area contributed by atoms with Gasteiger partial charge in [-0.2, -0.15) is 0 Å². The summed E-state index contributed by atoms with van der Waals surface area (Å²) in [5.41, 5.74) is 0. The molecule has 2 heteroatoms. The Morgan fingerprint density at radius 2 is 2.08 bits per heavy atom. The third kappa shape index (κ3) is 2.46. The second-order valence-electron chi connectivity index (χ2n) is 4.27. The number of rotatable bonds is 3. The third-order valence-corrected chi connectivity index (χ3v) is 3.02. The van der Waals surface area contributed by atoms with Gasteiger partial charge in [0.2, 0.25) is 0 Å². The van der Waals surface area contributed by atoms with E-state index >= 15 is 0 Å². The Morgan fingerprint density at radius 1 is 1.33 bits per heavy atom.